The van der Waals surface area contributed by atoms with E-state index in [9.17, 15) is 0 Å². The highest BCUT2D eigenvalue weighted by atomic mass is 16.7. The van der Waals surface area contributed by atoms with E-state index in [2.05, 4.69) is 13.8 Å². The minimum atomic E-state index is 0.335. The Hall–Kier alpha value is -0.0800. The molecule has 0 unspecified atom stereocenters. The lowest BCUT2D eigenvalue weighted by Gasteiger charge is -2.36. The molecule has 1 saturated heterocycles. The molecular weight excluding hydrogens is 152 g/mol. The third kappa shape index (κ3) is 2.46. The monoisotopic (exact) mass is 172 g/mol. The second-order valence-electron chi connectivity index (χ2n) is 3.81. The molecule has 1 aliphatic heterocycles. The average molecular weight is 172 g/mol. The van der Waals surface area contributed by atoms with Gasteiger partial charge in [-0.2, -0.15) is 0 Å². The molecule has 0 bridgehead atoms. The molecule has 0 aromatic carbocycles. The maximum atomic E-state index is 5.37. The van der Waals surface area contributed by atoms with E-state index in [0.717, 1.165) is 13.2 Å². The molecule has 2 heteroatoms. The molecule has 1 fully saturated rings. The Morgan fingerprint density at radius 1 is 1.00 bits per heavy atom. The summed E-state index contributed by atoms with van der Waals surface area (Å²) in [4.78, 5) is 0. The number of ether oxygens (including phenoxy) is 2. The van der Waals surface area contributed by atoms with Gasteiger partial charge in [0.2, 0.25) is 0 Å². The van der Waals surface area contributed by atoms with E-state index in [1.165, 1.54) is 25.7 Å². The lowest BCUT2D eigenvalue weighted by Crippen LogP contribution is -2.37. The fourth-order valence-corrected chi connectivity index (χ4v) is 2.09. The van der Waals surface area contributed by atoms with E-state index in [1.54, 1.807) is 0 Å². The van der Waals surface area contributed by atoms with Crippen LogP contribution in [0.1, 0.15) is 39.5 Å². The first-order chi connectivity index (χ1) is 5.83. The average Bonchev–Trinajstić information content (AvgIpc) is 2.07. The fraction of sp³-hybridized carbons (Fsp3) is 1.00. The van der Waals surface area contributed by atoms with Crippen LogP contribution in [0.3, 0.4) is 0 Å². The van der Waals surface area contributed by atoms with Gasteiger partial charge in [0, 0.05) is 5.41 Å². The van der Waals surface area contributed by atoms with Gasteiger partial charge in [-0.3, -0.25) is 0 Å². The number of hydrogen-bond donors (Lipinski definition) is 0. The van der Waals surface area contributed by atoms with Crippen molar-refractivity contribution in [2.24, 2.45) is 5.41 Å². The van der Waals surface area contributed by atoms with Crippen molar-refractivity contribution in [3.63, 3.8) is 0 Å². The summed E-state index contributed by atoms with van der Waals surface area (Å²) in [5.41, 5.74) is 0.335. The molecule has 0 radical (unpaired) electrons. The Balaban J connectivity index is 2.44. The summed E-state index contributed by atoms with van der Waals surface area (Å²) in [6.07, 6.45) is 4.93. The summed E-state index contributed by atoms with van der Waals surface area (Å²) in [6, 6.07) is 0. The third-order valence-corrected chi connectivity index (χ3v) is 2.54. The Kier molecular flexibility index (Phi) is 4.02. The van der Waals surface area contributed by atoms with Gasteiger partial charge in [0.15, 0.2) is 0 Å². The van der Waals surface area contributed by atoms with Gasteiger partial charge < -0.3 is 9.47 Å². The van der Waals surface area contributed by atoms with Crippen molar-refractivity contribution in [2.75, 3.05) is 20.0 Å². The van der Waals surface area contributed by atoms with Crippen molar-refractivity contribution in [3.05, 3.63) is 0 Å². The van der Waals surface area contributed by atoms with Gasteiger partial charge in [0.1, 0.15) is 6.79 Å². The van der Waals surface area contributed by atoms with Crippen LogP contribution in [0.25, 0.3) is 0 Å². The molecule has 0 spiro atoms. The van der Waals surface area contributed by atoms with Crippen LogP contribution in [0, 0.1) is 5.41 Å². The molecule has 0 amide bonds. The number of rotatable bonds is 4. The van der Waals surface area contributed by atoms with Crippen LogP contribution < -0.4 is 0 Å². The molecule has 12 heavy (non-hydrogen) atoms. The van der Waals surface area contributed by atoms with Gasteiger partial charge >= 0.3 is 0 Å². The van der Waals surface area contributed by atoms with Crippen molar-refractivity contribution in [1.29, 1.82) is 0 Å². The van der Waals surface area contributed by atoms with Crippen LogP contribution in [0.2, 0.25) is 0 Å². The minimum absolute atomic E-state index is 0.335. The Bertz CT molecular complexity index is 101. The lowest BCUT2D eigenvalue weighted by atomic mass is 9.80. The molecule has 0 aromatic heterocycles. The molecule has 0 atom stereocenters. The maximum Gasteiger partial charge on any atom is 0.146 e. The van der Waals surface area contributed by atoms with Crippen molar-refractivity contribution in [2.45, 2.75) is 39.5 Å². The first-order valence-electron chi connectivity index (χ1n) is 4.98. The summed E-state index contributed by atoms with van der Waals surface area (Å²) >= 11 is 0. The smallest absolute Gasteiger partial charge is 0.146 e. The maximum absolute atomic E-state index is 5.37. The van der Waals surface area contributed by atoms with Gasteiger partial charge in [0.25, 0.3) is 0 Å². The van der Waals surface area contributed by atoms with Crippen molar-refractivity contribution >= 4 is 0 Å². The van der Waals surface area contributed by atoms with Gasteiger partial charge in [-0.1, -0.05) is 26.7 Å². The molecule has 2 nitrogen and oxygen atoms in total. The quantitative estimate of drug-likeness (QED) is 0.649. The van der Waals surface area contributed by atoms with E-state index >= 15 is 0 Å². The van der Waals surface area contributed by atoms with Crippen LogP contribution in [0.15, 0.2) is 0 Å². The highest BCUT2D eigenvalue weighted by Gasteiger charge is 2.31. The third-order valence-electron chi connectivity index (χ3n) is 2.54. The fourth-order valence-electron chi connectivity index (χ4n) is 2.09. The largest absolute Gasteiger partial charge is 0.355 e. The Labute approximate surface area is 75.2 Å². The van der Waals surface area contributed by atoms with E-state index < -0.39 is 0 Å². The van der Waals surface area contributed by atoms with Gasteiger partial charge in [-0.25, -0.2) is 0 Å². The topological polar surface area (TPSA) is 18.5 Å². The van der Waals surface area contributed by atoms with E-state index in [4.69, 9.17) is 9.47 Å². The van der Waals surface area contributed by atoms with Gasteiger partial charge in [-0.15, -0.1) is 0 Å². The highest BCUT2D eigenvalue weighted by molar-refractivity contribution is 4.79. The SMILES string of the molecule is CCCC1(CCC)COCOC1. The second kappa shape index (κ2) is 4.83. The molecule has 1 aliphatic rings. The highest BCUT2D eigenvalue weighted by Crippen LogP contribution is 2.32. The van der Waals surface area contributed by atoms with E-state index in [-0.39, 0.29) is 0 Å². The zero-order chi connectivity index (χ0) is 8.86. The number of hydrogen-bond acceptors (Lipinski definition) is 2. The van der Waals surface area contributed by atoms with Crippen LogP contribution in [-0.2, 0) is 9.47 Å². The first-order valence-corrected chi connectivity index (χ1v) is 4.98. The van der Waals surface area contributed by atoms with Gasteiger partial charge in [-0.05, 0) is 12.8 Å². The summed E-state index contributed by atoms with van der Waals surface area (Å²) in [5.74, 6) is 0. The van der Waals surface area contributed by atoms with Crippen molar-refractivity contribution in [3.8, 4) is 0 Å². The molecule has 1 rings (SSSR count). The van der Waals surface area contributed by atoms with Crippen molar-refractivity contribution in [1.82, 2.24) is 0 Å². The molecule has 1 heterocycles. The predicted molar refractivity (Wildman–Crippen MR) is 49.0 cm³/mol. The Morgan fingerprint density at radius 3 is 1.92 bits per heavy atom. The summed E-state index contributed by atoms with van der Waals surface area (Å²) in [5, 5.41) is 0. The molecule has 72 valence electrons. The zero-order valence-electron chi connectivity index (χ0n) is 8.27. The standard InChI is InChI=1S/C10H20O2/c1-3-5-10(6-4-2)7-11-9-12-8-10/h3-9H2,1-2H3. The summed E-state index contributed by atoms with van der Waals surface area (Å²) in [6.45, 7) is 6.75. The van der Waals surface area contributed by atoms with Crippen LogP contribution >= 0.6 is 0 Å². The first kappa shape index (κ1) is 10.0. The lowest BCUT2D eigenvalue weighted by molar-refractivity contribution is -0.169. The molecular formula is C10H20O2. The zero-order valence-corrected chi connectivity index (χ0v) is 8.27. The van der Waals surface area contributed by atoms with Crippen LogP contribution in [-0.4, -0.2) is 20.0 Å². The molecule has 0 N–H and O–H groups in total. The normalized spacial score (nSPS) is 22.5. The Morgan fingerprint density at radius 2 is 1.50 bits per heavy atom. The van der Waals surface area contributed by atoms with Crippen molar-refractivity contribution < 1.29 is 9.47 Å². The minimum Gasteiger partial charge on any atom is -0.355 e. The van der Waals surface area contributed by atoms with Gasteiger partial charge in [0.05, 0.1) is 13.2 Å². The van der Waals surface area contributed by atoms with Crippen LogP contribution in [0.5, 0.6) is 0 Å². The summed E-state index contributed by atoms with van der Waals surface area (Å²) in [7, 11) is 0. The van der Waals surface area contributed by atoms with E-state index in [0.29, 0.717) is 12.2 Å². The summed E-state index contributed by atoms with van der Waals surface area (Å²) < 4.78 is 10.7. The second-order valence-corrected chi connectivity index (χ2v) is 3.81. The van der Waals surface area contributed by atoms with E-state index in [1.807, 2.05) is 0 Å². The molecule has 0 saturated carbocycles. The molecule has 0 aromatic rings. The van der Waals surface area contributed by atoms with Crippen LogP contribution in [0.4, 0.5) is 0 Å². The predicted octanol–water partition coefficient (Wildman–Crippen LogP) is 2.58. The molecule has 0 aliphatic carbocycles.